The van der Waals surface area contributed by atoms with Crippen LogP contribution in [0.1, 0.15) is 18.7 Å². The van der Waals surface area contributed by atoms with Crippen molar-refractivity contribution in [3.8, 4) is 0 Å². The van der Waals surface area contributed by atoms with Gasteiger partial charge in [0.2, 0.25) is 0 Å². The zero-order valence-corrected chi connectivity index (χ0v) is 10.7. The summed E-state index contributed by atoms with van der Waals surface area (Å²) in [6.07, 6.45) is 1.78. The van der Waals surface area contributed by atoms with Crippen LogP contribution in [0.25, 0.3) is 0 Å². The molecule has 18 heavy (non-hydrogen) atoms. The molecule has 3 unspecified atom stereocenters. The lowest BCUT2D eigenvalue weighted by molar-refractivity contribution is -0.0523. The summed E-state index contributed by atoms with van der Waals surface area (Å²) in [6, 6.07) is 5.81. The zero-order valence-electron chi connectivity index (χ0n) is 10.7. The van der Waals surface area contributed by atoms with Gasteiger partial charge in [-0.1, -0.05) is 6.07 Å². The highest BCUT2D eigenvalue weighted by Crippen LogP contribution is 2.25. The lowest BCUT2D eigenvalue weighted by atomic mass is 10.0. The van der Waals surface area contributed by atoms with Crippen molar-refractivity contribution in [2.24, 2.45) is 5.73 Å². The molecular weight excluding hydrogens is 230 g/mol. The zero-order chi connectivity index (χ0) is 13.0. The molecule has 0 aromatic carbocycles. The first-order chi connectivity index (χ1) is 8.74. The lowest BCUT2D eigenvalue weighted by Gasteiger charge is -2.41. The van der Waals surface area contributed by atoms with E-state index in [9.17, 15) is 5.11 Å². The van der Waals surface area contributed by atoms with Crippen molar-refractivity contribution in [1.82, 2.24) is 9.88 Å². The minimum atomic E-state index is -0.0490. The molecule has 2 rings (SSSR count). The average Bonchev–Trinajstić information content (AvgIpc) is 2.40. The number of nitrogens with two attached hydrogens (primary N) is 1. The van der Waals surface area contributed by atoms with E-state index in [-0.39, 0.29) is 24.7 Å². The summed E-state index contributed by atoms with van der Waals surface area (Å²) in [5.74, 6) is 0. The Balaban J connectivity index is 2.24. The van der Waals surface area contributed by atoms with Gasteiger partial charge in [0, 0.05) is 18.8 Å². The van der Waals surface area contributed by atoms with E-state index in [0.29, 0.717) is 13.2 Å². The third kappa shape index (κ3) is 2.87. The van der Waals surface area contributed by atoms with Crippen LogP contribution in [0.15, 0.2) is 24.4 Å². The van der Waals surface area contributed by atoms with Crippen molar-refractivity contribution in [2.75, 3.05) is 26.4 Å². The number of hydrogen-bond acceptors (Lipinski definition) is 5. The first-order valence-electron chi connectivity index (χ1n) is 6.35. The number of hydrogen-bond donors (Lipinski definition) is 2. The van der Waals surface area contributed by atoms with E-state index in [1.165, 1.54) is 0 Å². The molecule has 1 aromatic rings. The van der Waals surface area contributed by atoms with E-state index >= 15 is 0 Å². The quantitative estimate of drug-likeness (QED) is 0.798. The van der Waals surface area contributed by atoms with E-state index < -0.39 is 0 Å². The first-order valence-corrected chi connectivity index (χ1v) is 6.35. The normalized spacial score (nSPS) is 24.7. The summed E-state index contributed by atoms with van der Waals surface area (Å²) in [7, 11) is 0. The van der Waals surface area contributed by atoms with Gasteiger partial charge < -0.3 is 15.6 Å². The van der Waals surface area contributed by atoms with Gasteiger partial charge in [-0.15, -0.1) is 0 Å². The number of aromatic nitrogens is 1. The molecule has 1 aliphatic rings. The number of nitrogens with zero attached hydrogens (tertiary/aromatic N) is 2. The number of pyridine rings is 1. The molecule has 3 N–H and O–H groups in total. The molecule has 2 heterocycles. The van der Waals surface area contributed by atoms with Gasteiger partial charge in [0.15, 0.2) is 0 Å². The third-order valence-electron chi connectivity index (χ3n) is 3.33. The molecule has 0 spiro atoms. The fourth-order valence-electron chi connectivity index (χ4n) is 2.48. The van der Waals surface area contributed by atoms with Crippen LogP contribution < -0.4 is 5.73 Å². The Morgan fingerprint density at radius 2 is 2.44 bits per heavy atom. The van der Waals surface area contributed by atoms with Crippen molar-refractivity contribution < 1.29 is 9.84 Å². The predicted molar refractivity (Wildman–Crippen MR) is 69.0 cm³/mol. The van der Waals surface area contributed by atoms with Crippen LogP contribution in [0, 0.1) is 0 Å². The minimum absolute atomic E-state index is 0.00300. The van der Waals surface area contributed by atoms with Gasteiger partial charge in [0.1, 0.15) is 0 Å². The molecule has 1 aliphatic heterocycles. The number of morpholine rings is 1. The molecule has 100 valence electrons. The second-order valence-corrected chi connectivity index (χ2v) is 4.71. The maximum absolute atomic E-state index is 9.46. The Bertz CT molecular complexity index is 359. The van der Waals surface area contributed by atoms with Crippen molar-refractivity contribution >= 4 is 0 Å². The van der Waals surface area contributed by atoms with Crippen molar-refractivity contribution in [2.45, 2.75) is 25.0 Å². The molecular formula is C13H21N3O2. The van der Waals surface area contributed by atoms with Gasteiger partial charge in [-0.3, -0.25) is 9.88 Å². The van der Waals surface area contributed by atoms with Gasteiger partial charge in [-0.25, -0.2) is 0 Å². The molecule has 0 radical (unpaired) electrons. The Morgan fingerprint density at radius 3 is 3.06 bits per heavy atom. The second-order valence-electron chi connectivity index (χ2n) is 4.71. The molecule has 1 fully saturated rings. The molecule has 5 heteroatoms. The monoisotopic (exact) mass is 251 g/mol. The maximum Gasteiger partial charge on any atom is 0.0675 e. The largest absolute Gasteiger partial charge is 0.395 e. The lowest BCUT2D eigenvalue weighted by Crippen LogP contribution is -2.53. The highest BCUT2D eigenvalue weighted by Gasteiger charge is 2.32. The Hall–Kier alpha value is -1.01. The predicted octanol–water partition coefficient (Wildman–Crippen LogP) is 0.163. The summed E-state index contributed by atoms with van der Waals surface area (Å²) in [5, 5.41) is 9.46. The standard InChI is InChI=1S/C13H21N3O2/c1-10(14)13(12-4-2-3-5-15-12)16-6-7-18-9-11(16)8-17/h2-5,10-11,13,17H,6-9,14H2,1H3. The van der Waals surface area contributed by atoms with Gasteiger partial charge in [-0.05, 0) is 19.1 Å². The van der Waals surface area contributed by atoms with Crippen LogP contribution in [0.2, 0.25) is 0 Å². The van der Waals surface area contributed by atoms with Crippen LogP contribution in [0.3, 0.4) is 0 Å². The van der Waals surface area contributed by atoms with Crippen molar-refractivity contribution in [3.63, 3.8) is 0 Å². The van der Waals surface area contributed by atoms with E-state index in [1.54, 1.807) is 6.20 Å². The van der Waals surface area contributed by atoms with E-state index in [1.807, 2.05) is 25.1 Å². The summed E-state index contributed by atoms with van der Waals surface area (Å²) < 4.78 is 5.41. The maximum atomic E-state index is 9.46. The number of rotatable bonds is 4. The Morgan fingerprint density at radius 1 is 1.61 bits per heavy atom. The summed E-state index contributed by atoms with van der Waals surface area (Å²) in [6.45, 7) is 4.05. The van der Waals surface area contributed by atoms with Crippen LogP contribution in [0.4, 0.5) is 0 Å². The number of aliphatic hydroxyl groups excluding tert-OH is 1. The molecule has 3 atom stereocenters. The Kier molecular flexibility index (Phi) is 4.66. The van der Waals surface area contributed by atoms with E-state index in [4.69, 9.17) is 10.5 Å². The highest BCUT2D eigenvalue weighted by atomic mass is 16.5. The topological polar surface area (TPSA) is 71.6 Å². The van der Waals surface area contributed by atoms with E-state index in [0.717, 1.165) is 12.2 Å². The van der Waals surface area contributed by atoms with Crippen LogP contribution >= 0.6 is 0 Å². The number of ether oxygens (including phenoxy) is 1. The molecule has 0 aliphatic carbocycles. The highest BCUT2D eigenvalue weighted by molar-refractivity contribution is 5.12. The fraction of sp³-hybridized carbons (Fsp3) is 0.615. The van der Waals surface area contributed by atoms with Crippen LogP contribution in [-0.2, 0) is 4.74 Å². The molecule has 0 amide bonds. The fourth-order valence-corrected chi connectivity index (χ4v) is 2.48. The van der Waals surface area contributed by atoms with Gasteiger partial charge in [-0.2, -0.15) is 0 Å². The minimum Gasteiger partial charge on any atom is -0.395 e. The smallest absolute Gasteiger partial charge is 0.0675 e. The second kappa shape index (κ2) is 6.24. The van der Waals surface area contributed by atoms with Gasteiger partial charge >= 0.3 is 0 Å². The molecule has 5 nitrogen and oxygen atoms in total. The van der Waals surface area contributed by atoms with Gasteiger partial charge in [0.05, 0.1) is 37.6 Å². The van der Waals surface area contributed by atoms with Gasteiger partial charge in [0.25, 0.3) is 0 Å². The molecule has 0 saturated carbocycles. The average molecular weight is 251 g/mol. The molecule has 1 aromatic heterocycles. The first kappa shape index (κ1) is 13.4. The third-order valence-corrected chi connectivity index (χ3v) is 3.33. The number of aliphatic hydroxyl groups is 1. The van der Waals surface area contributed by atoms with Crippen molar-refractivity contribution in [1.29, 1.82) is 0 Å². The summed E-state index contributed by atoms with van der Waals surface area (Å²) >= 11 is 0. The summed E-state index contributed by atoms with van der Waals surface area (Å²) in [4.78, 5) is 6.61. The Labute approximate surface area is 108 Å². The molecule has 1 saturated heterocycles. The van der Waals surface area contributed by atoms with E-state index in [2.05, 4.69) is 9.88 Å². The van der Waals surface area contributed by atoms with Crippen LogP contribution in [-0.4, -0.2) is 53.4 Å². The van der Waals surface area contributed by atoms with Crippen LogP contribution in [0.5, 0.6) is 0 Å². The SMILES string of the molecule is CC(N)C(c1ccccn1)N1CCOCC1CO. The van der Waals surface area contributed by atoms with Crippen molar-refractivity contribution in [3.05, 3.63) is 30.1 Å². The summed E-state index contributed by atoms with van der Waals surface area (Å²) in [5.41, 5.74) is 7.06. The molecule has 0 bridgehead atoms.